The summed E-state index contributed by atoms with van der Waals surface area (Å²) in [5.74, 6) is -0.414. The number of aromatic nitrogens is 3. The largest absolute Gasteiger partial charge is 0.508 e. The number of aromatic hydroxyl groups is 1. The highest BCUT2D eigenvalue weighted by atomic mass is 35.5. The van der Waals surface area contributed by atoms with Gasteiger partial charge >= 0.3 is 12.4 Å². The fraction of sp³-hybridized carbons (Fsp3) is 0.300. The third-order valence-corrected chi connectivity index (χ3v) is 4.52. The summed E-state index contributed by atoms with van der Waals surface area (Å²) in [6.07, 6.45) is -9.24. The number of nitrogens with zero attached hydrogens (tertiary/aromatic N) is 3. The summed E-state index contributed by atoms with van der Waals surface area (Å²) >= 11 is 0. The molecule has 0 amide bonds. The average molecular weight is 482 g/mol. The number of alkyl halides is 6. The van der Waals surface area contributed by atoms with Gasteiger partial charge in [0.25, 0.3) is 0 Å². The molecule has 0 aliphatic heterocycles. The molecule has 3 rings (SSSR count). The van der Waals surface area contributed by atoms with E-state index in [0.717, 1.165) is 36.4 Å². The number of rotatable bonds is 4. The number of ether oxygens (including phenoxy) is 1. The van der Waals surface area contributed by atoms with Crippen LogP contribution >= 0.6 is 12.4 Å². The van der Waals surface area contributed by atoms with Gasteiger partial charge in [-0.1, -0.05) is 0 Å². The van der Waals surface area contributed by atoms with Crippen LogP contribution in [0.3, 0.4) is 0 Å². The van der Waals surface area contributed by atoms with E-state index >= 15 is 0 Å². The third-order valence-electron chi connectivity index (χ3n) is 4.52. The molecule has 0 unspecified atom stereocenters. The van der Waals surface area contributed by atoms with E-state index in [2.05, 4.69) is 10.2 Å². The molecule has 1 N–H and O–H groups in total. The van der Waals surface area contributed by atoms with Crippen molar-refractivity contribution in [1.29, 1.82) is 0 Å². The molecule has 2 aromatic carbocycles. The van der Waals surface area contributed by atoms with Crippen molar-refractivity contribution in [1.82, 2.24) is 14.8 Å². The van der Waals surface area contributed by atoms with Crippen molar-refractivity contribution in [2.75, 3.05) is 0 Å². The number of phenols is 1. The van der Waals surface area contributed by atoms with Crippen molar-refractivity contribution in [3.8, 4) is 22.9 Å². The van der Waals surface area contributed by atoms with E-state index in [4.69, 9.17) is 4.74 Å². The minimum Gasteiger partial charge on any atom is -0.508 e. The number of hydrogen-bond donors (Lipinski definition) is 1. The van der Waals surface area contributed by atoms with E-state index in [9.17, 15) is 31.4 Å². The molecule has 32 heavy (non-hydrogen) atoms. The molecule has 0 aliphatic rings. The second kappa shape index (κ2) is 8.53. The summed E-state index contributed by atoms with van der Waals surface area (Å²) in [5.41, 5.74) is -3.46. The van der Waals surface area contributed by atoms with Crippen molar-refractivity contribution >= 4 is 12.4 Å². The van der Waals surface area contributed by atoms with Gasteiger partial charge in [-0.3, -0.25) is 0 Å². The third kappa shape index (κ3) is 5.09. The lowest BCUT2D eigenvalue weighted by molar-refractivity contribution is -0.138. The Kier molecular flexibility index (Phi) is 6.75. The summed E-state index contributed by atoms with van der Waals surface area (Å²) in [6, 6.07) is 6.78. The molecule has 0 radical (unpaired) electrons. The standard InChI is InChI=1S/C20H17F6N3O2.ClH/c1-18(2,31-13-7-4-11(5-8-13)19(21,22)23)17-28-27-16(29(17)3)14-9-6-12(30)10-15(14)20(24,25)26;/h4-10,30H,1-3H3;1H. The van der Waals surface area contributed by atoms with E-state index in [1.807, 2.05) is 0 Å². The van der Waals surface area contributed by atoms with Crippen molar-refractivity contribution in [2.45, 2.75) is 31.8 Å². The van der Waals surface area contributed by atoms with Crippen molar-refractivity contribution in [3.05, 3.63) is 59.4 Å². The highest BCUT2D eigenvalue weighted by Crippen LogP contribution is 2.39. The topological polar surface area (TPSA) is 60.2 Å². The monoisotopic (exact) mass is 481 g/mol. The summed E-state index contributed by atoms with van der Waals surface area (Å²) < 4.78 is 85.5. The lowest BCUT2D eigenvalue weighted by atomic mass is 10.1. The molecule has 0 saturated carbocycles. The summed E-state index contributed by atoms with van der Waals surface area (Å²) in [5, 5.41) is 17.2. The molecule has 5 nitrogen and oxygen atoms in total. The Morgan fingerprint density at radius 1 is 0.875 bits per heavy atom. The molecule has 0 aliphatic carbocycles. The SMILES string of the molecule is Cl.Cn1c(-c2ccc(O)cc2C(F)(F)F)nnc1C(C)(C)Oc1ccc(C(F)(F)F)cc1. The minimum atomic E-state index is -4.74. The van der Waals surface area contributed by atoms with Crippen LogP contribution in [0.1, 0.15) is 30.8 Å². The van der Waals surface area contributed by atoms with E-state index in [-0.39, 0.29) is 35.4 Å². The van der Waals surface area contributed by atoms with Crippen LogP contribution in [0, 0.1) is 0 Å². The molecule has 12 heteroatoms. The van der Waals surface area contributed by atoms with Crippen LogP contribution < -0.4 is 4.74 Å². The van der Waals surface area contributed by atoms with Gasteiger partial charge in [0.2, 0.25) is 0 Å². The molecule has 0 saturated heterocycles. The first-order chi connectivity index (χ1) is 14.2. The molecule has 1 heterocycles. The van der Waals surface area contributed by atoms with E-state index in [1.54, 1.807) is 13.8 Å². The molecule has 0 atom stereocenters. The highest BCUT2D eigenvalue weighted by Gasteiger charge is 2.37. The average Bonchev–Trinajstić information content (AvgIpc) is 3.02. The van der Waals surface area contributed by atoms with Gasteiger partial charge in [0.15, 0.2) is 17.2 Å². The Balaban J connectivity index is 0.00000363. The van der Waals surface area contributed by atoms with Crippen LogP contribution in [0.15, 0.2) is 42.5 Å². The normalized spacial score (nSPS) is 12.4. The first-order valence-corrected chi connectivity index (χ1v) is 8.87. The molecule has 3 aromatic rings. The van der Waals surface area contributed by atoms with E-state index in [1.165, 1.54) is 11.6 Å². The number of halogens is 7. The highest BCUT2D eigenvalue weighted by molar-refractivity contribution is 5.85. The second-order valence-electron chi connectivity index (χ2n) is 7.27. The van der Waals surface area contributed by atoms with Gasteiger partial charge in [0, 0.05) is 12.6 Å². The van der Waals surface area contributed by atoms with Gasteiger partial charge in [-0.2, -0.15) is 26.3 Å². The van der Waals surface area contributed by atoms with Crippen molar-refractivity contribution in [3.63, 3.8) is 0 Å². The van der Waals surface area contributed by atoms with Gasteiger partial charge < -0.3 is 14.4 Å². The van der Waals surface area contributed by atoms with Gasteiger partial charge in [-0.15, -0.1) is 22.6 Å². The lowest BCUT2D eigenvalue weighted by Crippen LogP contribution is -2.29. The maximum atomic E-state index is 13.4. The summed E-state index contributed by atoms with van der Waals surface area (Å²) in [4.78, 5) is 0. The molecule has 1 aromatic heterocycles. The van der Waals surface area contributed by atoms with Crippen LogP contribution in [0.5, 0.6) is 11.5 Å². The zero-order valence-electron chi connectivity index (χ0n) is 16.9. The molecule has 174 valence electrons. The second-order valence-corrected chi connectivity index (χ2v) is 7.27. The minimum absolute atomic E-state index is 0. The molecular weight excluding hydrogens is 464 g/mol. The van der Waals surface area contributed by atoms with E-state index in [0.29, 0.717) is 6.07 Å². The zero-order chi connectivity index (χ0) is 23.2. The first kappa shape index (κ1) is 25.3. The van der Waals surface area contributed by atoms with Crippen LogP contribution in [-0.4, -0.2) is 19.9 Å². The van der Waals surface area contributed by atoms with Crippen LogP contribution in [0.2, 0.25) is 0 Å². The van der Waals surface area contributed by atoms with Gasteiger partial charge in [0.1, 0.15) is 11.5 Å². The van der Waals surface area contributed by atoms with Crippen molar-refractivity contribution < 1.29 is 36.2 Å². The molecule has 0 bridgehead atoms. The Hall–Kier alpha value is -2.95. The van der Waals surface area contributed by atoms with Crippen molar-refractivity contribution in [2.24, 2.45) is 7.05 Å². The van der Waals surface area contributed by atoms with Crippen LogP contribution in [-0.2, 0) is 25.0 Å². The Morgan fingerprint density at radius 2 is 1.47 bits per heavy atom. The van der Waals surface area contributed by atoms with Crippen LogP contribution in [0.25, 0.3) is 11.4 Å². The maximum absolute atomic E-state index is 13.4. The predicted molar refractivity (Wildman–Crippen MR) is 105 cm³/mol. The first-order valence-electron chi connectivity index (χ1n) is 8.87. The van der Waals surface area contributed by atoms with Gasteiger partial charge in [-0.05, 0) is 56.3 Å². The quantitative estimate of drug-likeness (QED) is 0.467. The fourth-order valence-corrected chi connectivity index (χ4v) is 3.10. The van der Waals surface area contributed by atoms with Gasteiger partial charge in [-0.25, -0.2) is 0 Å². The molecule has 0 fully saturated rings. The van der Waals surface area contributed by atoms with Gasteiger partial charge in [0.05, 0.1) is 11.1 Å². The Morgan fingerprint density at radius 3 is 2.00 bits per heavy atom. The zero-order valence-corrected chi connectivity index (χ0v) is 17.7. The number of hydrogen-bond acceptors (Lipinski definition) is 4. The van der Waals surface area contributed by atoms with Crippen LogP contribution in [0.4, 0.5) is 26.3 Å². The Labute approximate surface area is 185 Å². The predicted octanol–water partition coefficient (Wildman–Crippen LogP) is 5.96. The summed E-state index contributed by atoms with van der Waals surface area (Å²) in [6.45, 7) is 3.11. The fourth-order valence-electron chi connectivity index (χ4n) is 3.10. The summed E-state index contributed by atoms with van der Waals surface area (Å²) in [7, 11) is 1.44. The smallest absolute Gasteiger partial charge is 0.417 e. The van der Waals surface area contributed by atoms with E-state index < -0.39 is 34.8 Å². The lowest BCUT2D eigenvalue weighted by Gasteiger charge is -2.26. The Bertz CT molecular complexity index is 1090. The number of benzene rings is 2. The molecular formula is C20H18ClF6N3O2. The molecule has 0 spiro atoms. The number of phenolic OH excluding ortho intramolecular Hbond substituents is 1. The maximum Gasteiger partial charge on any atom is 0.417 e.